The molecule has 0 bridgehead atoms. The van der Waals surface area contributed by atoms with Gasteiger partial charge in [-0.2, -0.15) is 0 Å². The molecular formula is C25H17ClN2O3S3. The first-order chi connectivity index (χ1) is 16.4. The molecule has 3 aromatic rings. The van der Waals surface area contributed by atoms with Crippen molar-refractivity contribution in [1.29, 1.82) is 0 Å². The summed E-state index contributed by atoms with van der Waals surface area (Å²) in [7, 11) is 1.60. The number of thiocarbonyl (C=S) groups is 1. The third-order valence-electron chi connectivity index (χ3n) is 5.32. The van der Waals surface area contributed by atoms with Gasteiger partial charge in [0.15, 0.2) is 0 Å². The van der Waals surface area contributed by atoms with Gasteiger partial charge in [0.25, 0.3) is 11.8 Å². The number of methoxy groups -OCH3 is 1. The van der Waals surface area contributed by atoms with Gasteiger partial charge in [-0.25, -0.2) is 0 Å². The van der Waals surface area contributed by atoms with Gasteiger partial charge in [-0.3, -0.25) is 19.4 Å². The molecule has 0 saturated carbocycles. The van der Waals surface area contributed by atoms with Crippen molar-refractivity contribution in [3.05, 3.63) is 82.2 Å². The molecule has 0 aromatic heterocycles. The topological polar surface area (TPSA) is 49.9 Å². The predicted molar refractivity (Wildman–Crippen MR) is 142 cm³/mol. The number of nitrogens with zero attached hydrogens (tertiary/aromatic N) is 2. The fourth-order valence-corrected chi connectivity index (χ4v) is 6.15. The van der Waals surface area contributed by atoms with E-state index in [1.165, 1.54) is 16.7 Å². The molecule has 2 aliphatic heterocycles. The second-order valence-electron chi connectivity index (χ2n) is 7.45. The molecule has 5 nitrogen and oxygen atoms in total. The summed E-state index contributed by atoms with van der Waals surface area (Å²) in [6.07, 6.45) is 1.77. The highest BCUT2D eigenvalue weighted by Gasteiger charge is 2.36. The molecule has 170 valence electrons. The first-order valence-electron chi connectivity index (χ1n) is 10.2. The van der Waals surface area contributed by atoms with Crippen molar-refractivity contribution in [2.24, 2.45) is 0 Å². The van der Waals surface area contributed by atoms with E-state index in [9.17, 15) is 9.59 Å². The van der Waals surface area contributed by atoms with Gasteiger partial charge in [-0.15, -0.1) is 0 Å². The first-order valence-corrected chi connectivity index (χ1v) is 12.7. The third kappa shape index (κ3) is 4.34. The lowest BCUT2D eigenvalue weighted by Gasteiger charge is -2.32. The number of carbonyl (C=O) groups is 2. The number of amides is 2. The predicted octanol–water partition coefficient (Wildman–Crippen LogP) is 6.38. The highest BCUT2D eigenvalue weighted by molar-refractivity contribution is 8.26. The Kier molecular flexibility index (Phi) is 6.40. The minimum Gasteiger partial charge on any atom is -0.497 e. The third-order valence-corrected chi connectivity index (χ3v) is 8.06. The standard InChI is InChI=1S/C25H17ClN2O3S3/c1-31-17-9-6-15(7-10-17)12-22-24(30)27(25(32)34-22)14-23(29)28-18-4-2-3-5-20(18)33-21-11-8-16(26)13-19(21)28/h2-13H,14H2,1H3/b22-12+. The Morgan fingerprint density at radius 2 is 1.76 bits per heavy atom. The lowest BCUT2D eigenvalue weighted by Crippen LogP contribution is -2.41. The fraction of sp³-hybridized carbons (Fsp3) is 0.0800. The largest absolute Gasteiger partial charge is 0.497 e. The van der Waals surface area contributed by atoms with Crippen LogP contribution < -0.4 is 9.64 Å². The normalized spacial score (nSPS) is 16.0. The molecule has 0 atom stereocenters. The van der Waals surface area contributed by atoms with Crippen LogP contribution in [0.5, 0.6) is 5.75 Å². The van der Waals surface area contributed by atoms with Crippen LogP contribution in [0.15, 0.2) is 81.4 Å². The minimum atomic E-state index is -0.287. The van der Waals surface area contributed by atoms with Crippen LogP contribution in [0.1, 0.15) is 5.56 Å². The Morgan fingerprint density at radius 3 is 2.53 bits per heavy atom. The van der Waals surface area contributed by atoms with Crippen LogP contribution in [0.2, 0.25) is 5.02 Å². The van der Waals surface area contributed by atoms with Crippen molar-refractivity contribution in [2.75, 3.05) is 18.6 Å². The number of hydrogen-bond acceptors (Lipinski definition) is 6. The monoisotopic (exact) mass is 524 g/mol. The molecule has 0 radical (unpaired) electrons. The molecule has 0 N–H and O–H groups in total. The Balaban J connectivity index is 1.42. The van der Waals surface area contributed by atoms with E-state index in [0.29, 0.717) is 19.9 Å². The summed E-state index contributed by atoms with van der Waals surface area (Å²) < 4.78 is 5.53. The summed E-state index contributed by atoms with van der Waals surface area (Å²) in [5.74, 6) is 0.180. The maximum atomic E-state index is 13.6. The van der Waals surface area contributed by atoms with Gasteiger partial charge in [0, 0.05) is 14.8 Å². The van der Waals surface area contributed by atoms with Crippen LogP contribution in [-0.4, -0.2) is 34.7 Å². The number of carbonyl (C=O) groups excluding carboxylic acids is 2. The maximum absolute atomic E-state index is 13.6. The molecular weight excluding hydrogens is 508 g/mol. The van der Waals surface area contributed by atoms with E-state index < -0.39 is 0 Å². The van der Waals surface area contributed by atoms with Gasteiger partial charge >= 0.3 is 0 Å². The van der Waals surface area contributed by atoms with Gasteiger partial charge in [0.1, 0.15) is 16.6 Å². The second kappa shape index (κ2) is 9.46. The Labute approximate surface area is 215 Å². The van der Waals surface area contributed by atoms with Gasteiger partial charge in [0.05, 0.1) is 23.4 Å². The van der Waals surface area contributed by atoms with Crippen LogP contribution in [0.4, 0.5) is 11.4 Å². The number of para-hydroxylation sites is 1. The van der Waals surface area contributed by atoms with Crippen LogP contribution in [0.25, 0.3) is 6.08 Å². The molecule has 2 heterocycles. The zero-order valence-corrected chi connectivity index (χ0v) is 21.1. The minimum absolute atomic E-state index is 0.171. The van der Waals surface area contributed by atoms with Crippen molar-refractivity contribution in [2.45, 2.75) is 9.79 Å². The molecule has 0 aliphatic carbocycles. The number of ether oxygens (including phenoxy) is 1. The molecule has 0 spiro atoms. The Morgan fingerprint density at radius 1 is 1.03 bits per heavy atom. The smallest absolute Gasteiger partial charge is 0.266 e. The van der Waals surface area contributed by atoms with Crippen molar-refractivity contribution in [3.8, 4) is 5.75 Å². The van der Waals surface area contributed by atoms with E-state index in [1.54, 1.807) is 42.0 Å². The molecule has 9 heteroatoms. The van der Waals surface area contributed by atoms with Crippen LogP contribution >= 0.6 is 47.3 Å². The van der Waals surface area contributed by atoms with E-state index in [2.05, 4.69) is 0 Å². The van der Waals surface area contributed by atoms with Gasteiger partial charge < -0.3 is 4.74 Å². The van der Waals surface area contributed by atoms with E-state index in [1.807, 2.05) is 54.6 Å². The number of fused-ring (bicyclic) bond motifs is 2. The number of thioether (sulfide) groups is 1. The highest BCUT2D eigenvalue weighted by atomic mass is 35.5. The van der Waals surface area contributed by atoms with Crippen LogP contribution in [0.3, 0.4) is 0 Å². The number of hydrogen-bond donors (Lipinski definition) is 0. The van der Waals surface area contributed by atoms with Crippen molar-refractivity contribution >= 4 is 80.9 Å². The summed E-state index contributed by atoms with van der Waals surface area (Å²) in [5.41, 5.74) is 2.30. The molecule has 5 rings (SSSR count). The van der Waals surface area contributed by atoms with E-state index >= 15 is 0 Å². The molecule has 1 fully saturated rings. The van der Waals surface area contributed by atoms with Crippen molar-refractivity contribution < 1.29 is 14.3 Å². The van der Waals surface area contributed by atoms with Crippen LogP contribution in [0, 0.1) is 0 Å². The first kappa shape index (κ1) is 23.0. The molecule has 2 amide bonds. The van der Waals surface area contributed by atoms with Crippen molar-refractivity contribution in [3.63, 3.8) is 0 Å². The zero-order chi connectivity index (χ0) is 23.8. The summed E-state index contributed by atoms with van der Waals surface area (Å²) in [6.45, 7) is -0.171. The average molecular weight is 525 g/mol. The lowest BCUT2D eigenvalue weighted by molar-refractivity contribution is -0.127. The molecule has 0 unspecified atom stereocenters. The second-order valence-corrected chi connectivity index (χ2v) is 10.6. The number of anilines is 2. The van der Waals surface area contributed by atoms with Gasteiger partial charge in [0.2, 0.25) is 0 Å². The Hall–Kier alpha value is -2.78. The molecule has 34 heavy (non-hydrogen) atoms. The molecule has 3 aromatic carbocycles. The van der Waals surface area contributed by atoms with E-state index in [-0.39, 0.29) is 18.4 Å². The highest BCUT2D eigenvalue weighted by Crippen LogP contribution is 2.49. The van der Waals surface area contributed by atoms with Crippen molar-refractivity contribution in [1.82, 2.24) is 4.90 Å². The summed E-state index contributed by atoms with van der Waals surface area (Å²) in [6, 6.07) is 20.5. The Bertz CT molecular complexity index is 1360. The van der Waals surface area contributed by atoms with Gasteiger partial charge in [-0.05, 0) is 54.1 Å². The number of halogens is 1. The maximum Gasteiger partial charge on any atom is 0.266 e. The van der Waals surface area contributed by atoms with Crippen LogP contribution in [-0.2, 0) is 9.59 Å². The number of benzene rings is 3. The quantitative estimate of drug-likeness (QED) is 0.291. The molecule has 1 saturated heterocycles. The summed E-state index contributed by atoms with van der Waals surface area (Å²) in [4.78, 5) is 32.1. The molecule has 2 aliphatic rings. The van der Waals surface area contributed by atoms with E-state index in [0.717, 1.165) is 26.8 Å². The fourth-order valence-electron chi connectivity index (χ4n) is 3.69. The lowest BCUT2D eigenvalue weighted by atomic mass is 10.2. The summed E-state index contributed by atoms with van der Waals surface area (Å²) in [5, 5.41) is 0.532. The average Bonchev–Trinajstić information content (AvgIpc) is 3.10. The SMILES string of the molecule is COc1ccc(/C=C2/SC(=S)N(CC(=O)N3c4ccccc4Sc4ccc(Cl)cc43)C2=O)cc1. The summed E-state index contributed by atoms with van der Waals surface area (Å²) >= 11 is 14.5. The zero-order valence-electron chi connectivity index (χ0n) is 17.9. The number of rotatable bonds is 4. The van der Waals surface area contributed by atoms with E-state index in [4.69, 9.17) is 28.6 Å². The van der Waals surface area contributed by atoms with Gasteiger partial charge in [-0.1, -0.05) is 71.6 Å².